The largest absolute Gasteiger partial charge is 0.383 e. The van der Waals surface area contributed by atoms with Crippen LogP contribution >= 0.6 is 0 Å². The first-order valence-electron chi connectivity index (χ1n) is 8.52. The zero-order valence-electron chi connectivity index (χ0n) is 14.5. The van der Waals surface area contributed by atoms with Crippen LogP contribution < -0.4 is 10.6 Å². The lowest BCUT2D eigenvalue weighted by atomic mass is 9.71. The van der Waals surface area contributed by atoms with Crippen LogP contribution in [0.1, 0.15) is 31.4 Å². The summed E-state index contributed by atoms with van der Waals surface area (Å²) >= 11 is 0. The van der Waals surface area contributed by atoms with Crippen molar-refractivity contribution in [2.75, 3.05) is 30.8 Å². The molecule has 1 atom stereocenters. The van der Waals surface area contributed by atoms with E-state index in [1.165, 1.54) is 16.8 Å². The molecule has 1 aliphatic carbocycles. The minimum Gasteiger partial charge on any atom is -0.383 e. The van der Waals surface area contributed by atoms with Crippen molar-refractivity contribution in [1.82, 2.24) is 9.97 Å². The standard InChI is InChI=1S/C19H24N4O/c1-19(2)9-14-13(17-16(19)18(20)22-11-21-17)5-4-6-15(14)23-8-7-12(10-23)24-3/h4-6,11-12H,7-10H2,1-3H3,(H2,20,21,22). The molecule has 1 aliphatic heterocycles. The van der Waals surface area contributed by atoms with Crippen LogP contribution in [0.2, 0.25) is 0 Å². The number of methoxy groups -OCH3 is 1. The quantitative estimate of drug-likeness (QED) is 0.920. The van der Waals surface area contributed by atoms with Gasteiger partial charge in [0.15, 0.2) is 0 Å². The molecule has 2 aromatic rings. The number of benzene rings is 1. The van der Waals surface area contributed by atoms with Crippen molar-refractivity contribution in [1.29, 1.82) is 0 Å². The van der Waals surface area contributed by atoms with E-state index in [0.29, 0.717) is 11.9 Å². The molecule has 5 heteroatoms. The highest BCUT2D eigenvalue weighted by atomic mass is 16.5. The second-order valence-electron chi connectivity index (χ2n) is 7.44. The first kappa shape index (κ1) is 15.4. The van der Waals surface area contributed by atoms with Crippen molar-refractivity contribution in [3.05, 3.63) is 35.7 Å². The topological polar surface area (TPSA) is 64.3 Å². The Balaban J connectivity index is 1.86. The Hall–Kier alpha value is -2.14. The average molecular weight is 324 g/mol. The Morgan fingerprint density at radius 2 is 2.12 bits per heavy atom. The molecule has 1 aromatic heterocycles. The van der Waals surface area contributed by atoms with E-state index in [1.807, 2.05) is 0 Å². The molecule has 1 unspecified atom stereocenters. The predicted molar refractivity (Wildman–Crippen MR) is 96.2 cm³/mol. The number of hydrogen-bond acceptors (Lipinski definition) is 5. The van der Waals surface area contributed by atoms with Gasteiger partial charge in [-0.3, -0.25) is 0 Å². The van der Waals surface area contributed by atoms with Gasteiger partial charge < -0.3 is 15.4 Å². The number of hydrogen-bond donors (Lipinski definition) is 1. The number of nitrogen functional groups attached to an aromatic ring is 1. The lowest BCUT2D eigenvalue weighted by Gasteiger charge is -2.36. The molecular formula is C19H24N4O. The molecule has 2 aliphatic rings. The number of aromatic nitrogens is 2. The number of ether oxygens (including phenoxy) is 1. The van der Waals surface area contributed by atoms with E-state index in [4.69, 9.17) is 10.5 Å². The Labute approximate surface area is 142 Å². The fourth-order valence-electron chi connectivity index (χ4n) is 4.22. The Morgan fingerprint density at radius 3 is 2.88 bits per heavy atom. The van der Waals surface area contributed by atoms with Gasteiger partial charge in [0.05, 0.1) is 11.8 Å². The summed E-state index contributed by atoms with van der Waals surface area (Å²) in [6, 6.07) is 6.50. The lowest BCUT2D eigenvalue weighted by molar-refractivity contribution is 0.121. The summed E-state index contributed by atoms with van der Waals surface area (Å²) in [4.78, 5) is 11.2. The summed E-state index contributed by atoms with van der Waals surface area (Å²) in [5.74, 6) is 0.599. The van der Waals surface area contributed by atoms with Gasteiger partial charge in [-0.25, -0.2) is 9.97 Å². The SMILES string of the molecule is COC1CCN(c2cccc3c2CC(C)(C)c2c(N)ncnc2-3)C1. The van der Waals surface area contributed by atoms with Crippen LogP contribution in [0.5, 0.6) is 0 Å². The number of fused-ring (bicyclic) bond motifs is 3. The molecule has 126 valence electrons. The molecule has 0 amide bonds. The number of rotatable bonds is 2. The van der Waals surface area contributed by atoms with Crippen molar-refractivity contribution in [2.45, 2.75) is 38.2 Å². The molecule has 1 aromatic carbocycles. The van der Waals surface area contributed by atoms with Crippen molar-refractivity contribution >= 4 is 11.5 Å². The fraction of sp³-hybridized carbons (Fsp3) is 0.474. The van der Waals surface area contributed by atoms with Gasteiger partial charge in [-0.05, 0) is 29.9 Å². The van der Waals surface area contributed by atoms with E-state index >= 15 is 0 Å². The molecule has 5 nitrogen and oxygen atoms in total. The van der Waals surface area contributed by atoms with E-state index in [-0.39, 0.29) is 5.41 Å². The summed E-state index contributed by atoms with van der Waals surface area (Å²) < 4.78 is 5.54. The minimum atomic E-state index is -0.0792. The molecule has 4 rings (SSSR count). The first-order chi connectivity index (χ1) is 11.5. The highest BCUT2D eigenvalue weighted by Crippen LogP contribution is 2.47. The van der Waals surface area contributed by atoms with Gasteiger partial charge in [0.1, 0.15) is 12.1 Å². The molecule has 1 fully saturated rings. The van der Waals surface area contributed by atoms with Gasteiger partial charge in [-0.15, -0.1) is 0 Å². The Bertz CT molecular complexity index is 787. The molecule has 0 saturated carbocycles. The number of nitrogens with zero attached hydrogens (tertiary/aromatic N) is 3. The number of anilines is 2. The van der Waals surface area contributed by atoms with Crippen LogP contribution in [0.25, 0.3) is 11.3 Å². The second kappa shape index (κ2) is 5.45. The lowest BCUT2D eigenvalue weighted by Crippen LogP contribution is -2.31. The summed E-state index contributed by atoms with van der Waals surface area (Å²) in [7, 11) is 1.80. The van der Waals surface area contributed by atoms with Crippen LogP contribution in [0.15, 0.2) is 24.5 Å². The maximum atomic E-state index is 6.19. The van der Waals surface area contributed by atoms with Gasteiger partial charge in [0, 0.05) is 37.0 Å². The zero-order chi connectivity index (χ0) is 16.9. The van der Waals surface area contributed by atoms with Gasteiger partial charge in [-0.1, -0.05) is 26.0 Å². The monoisotopic (exact) mass is 324 g/mol. The average Bonchev–Trinajstić information content (AvgIpc) is 3.02. The summed E-state index contributed by atoms with van der Waals surface area (Å²) in [5.41, 5.74) is 12.0. The van der Waals surface area contributed by atoms with E-state index in [0.717, 1.165) is 37.2 Å². The van der Waals surface area contributed by atoms with Gasteiger partial charge in [0.2, 0.25) is 0 Å². The third kappa shape index (κ3) is 2.26. The van der Waals surface area contributed by atoms with Gasteiger partial charge in [-0.2, -0.15) is 0 Å². The van der Waals surface area contributed by atoms with Crippen molar-refractivity contribution in [3.63, 3.8) is 0 Å². The first-order valence-corrected chi connectivity index (χ1v) is 8.52. The Kier molecular flexibility index (Phi) is 3.49. The smallest absolute Gasteiger partial charge is 0.131 e. The van der Waals surface area contributed by atoms with Gasteiger partial charge >= 0.3 is 0 Å². The van der Waals surface area contributed by atoms with Crippen LogP contribution in [0.4, 0.5) is 11.5 Å². The molecular weight excluding hydrogens is 300 g/mol. The zero-order valence-corrected chi connectivity index (χ0v) is 14.5. The van der Waals surface area contributed by atoms with Crippen LogP contribution in [0.3, 0.4) is 0 Å². The fourth-order valence-corrected chi connectivity index (χ4v) is 4.22. The Morgan fingerprint density at radius 1 is 1.29 bits per heavy atom. The van der Waals surface area contributed by atoms with Gasteiger partial charge in [0.25, 0.3) is 0 Å². The molecule has 2 N–H and O–H groups in total. The number of nitrogens with two attached hydrogens (primary N) is 1. The predicted octanol–water partition coefficient (Wildman–Crippen LogP) is 2.78. The van der Waals surface area contributed by atoms with Crippen molar-refractivity contribution in [2.24, 2.45) is 0 Å². The van der Waals surface area contributed by atoms with Crippen molar-refractivity contribution in [3.8, 4) is 11.3 Å². The van der Waals surface area contributed by atoms with E-state index in [1.54, 1.807) is 13.4 Å². The molecule has 0 spiro atoms. The van der Waals surface area contributed by atoms with E-state index in [9.17, 15) is 0 Å². The van der Waals surface area contributed by atoms with Crippen LogP contribution in [-0.2, 0) is 16.6 Å². The second-order valence-corrected chi connectivity index (χ2v) is 7.44. The molecule has 0 radical (unpaired) electrons. The maximum absolute atomic E-state index is 6.19. The molecule has 0 bridgehead atoms. The summed E-state index contributed by atoms with van der Waals surface area (Å²) in [6.07, 6.45) is 3.91. The van der Waals surface area contributed by atoms with Crippen molar-refractivity contribution < 1.29 is 4.74 Å². The molecule has 1 saturated heterocycles. The molecule has 2 heterocycles. The third-order valence-electron chi connectivity index (χ3n) is 5.40. The minimum absolute atomic E-state index is 0.0792. The maximum Gasteiger partial charge on any atom is 0.131 e. The highest BCUT2D eigenvalue weighted by molar-refractivity contribution is 5.80. The highest BCUT2D eigenvalue weighted by Gasteiger charge is 2.36. The summed E-state index contributed by atoms with van der Waals surface area (Å²) in [5, 5.41) is 0. The van der Waals surface area contributed by atoms with E-state index in [2.05, 4.69) is 46.9 Å². The third-order valence-corrected chi connectivity index (χ3v) is 5.40. The van der Waals surface area contributed by atoms with Crippen LogP contribution in [0, 0.1) is 0 Å². The summed E-state index contributed by atoms with van der Waals surface area (Å²) in [6.45, 7) is 6.45. The normalized spacial score (nSPS) is 21.5. The van der Waals surface area contributed by atoms with Crippen LogP contribution in [-0.4, -0.2) is 36.3 Å². The molecule has 24 heavy (non-hydrogen) atoms. The van der Waals surface area contributed by atoms with E-state index < -0.39 is 0 Å².